The Bertz CT molecular complexity index is 1120. The average molecular weight is 539 g/mol. The van der Waals surface area contributed by atoms with E-state index < -0.39 is 0 Å². The van der Waals surface area contributed by atoms with Crippen LogP contribution >= 0.6 is 0 Å². The summed E-state index contributed by atoms with van der Waals surface area (Å²) in [6, 6.07) is 3.84. The molecule has 0 amide bonds. The van der Waals surface area contributed by atoms with Crippen molar-refractivity contribution < 1.29 is 14.9 Å². The van der Waals surface area contributed by atoms with Gasteiger partial charge >= 0.3 is 0 Å². The number of phenolic OH excluding ortho intramolecular Hbond substituents is 2. The minimum absolute atomic E-state index is 0.281. The topological polar surface area (TPSA) is 49.7 Å². The van der Waals surface area contributed by atoms with Gasteiger partial charge < -0.3 is 14.9 Å². The standard InChI is InChI=1S/C36H58O3/c1-31(2,3)21-19-23(37)25(33(7,8)9)27(35(13,14)15)29(21)39-30-22(32(4,5)6)20-24(38)26(34(10,11)12)28(30)36(16,17)18/h19-20,37-38H,1-18H3. The molecule has 0 unspecified atom stereocenters. The molecular weight excluding hydrogens is 480 g/mol. The number of hydrogen-bond donors (Lipinski definition) is 2. The van der Waals surface area contributed by atoms with Gasteiger partial charge in [-0.1, -0.05) is 125 Å². The van der Waals surface area contributed by atoms with Crippen LogP contribution in [0.25, 0.3) is 0 Å². The molecule has 0 radical (unpaired) electrons. The van der Waals surface area contributed by atoms with E-state index in [0.29, 0.717) is 11.5 Å². The van der Waals surface area contributed by atoms with Crippen molar-refractivity contribution in [3.8, 4) is 23.0 Å². The van der Waals surface area contributed by atoms with E-state index in [-0.39, 0.29) is 32.5 Å². The molecule has 0 aromatic heterocycles. The summed E-state index contributed by atoms with van der Waals surface area (Å²) >= 11 is 0. The summed E-state index contributed by atoms with van der Waals surface area (Å²) in [5.74, 6) is 2.27. The lowest BCUT2D eigenvalue weighted by Gasteiger charge is -2.39. The highest BCUT2D eigenvalue weighted by Crippen LogP contribution is 2.54. The van der Waals surface area contributed by atoms with Gasteiger partial charge in [0.2, 0.25) is 0 Å². The van der Waals surface area contributed by atoms with Gasteiger partial charge in [-0.3, -0.25) is 0 Å². The van der Waals surface area contributed by atoms with Crippen molar-refractivity contribution in [3.05, 3.63) is 45.5 Å². The van der Waals surface area contributed by atoms with Crippen molar-refractivity contribution >= 4 is 0 Å². The number of aromatic hydroxyl groups is 2. The van der Waals surface area contributed by atoms with E-state index in [1.54, 1.807) is 0 Å². The molecular formula is C36H58O3. The molecule has 0 saturated heterocycles. The largest absolute Gasteiger partial charge is 0.508 e. The fourth-order valence-corrected chi connectivity index (χ4v) is 5.68. The highest BCUT2D eigenvalue weighted by atomic mass is 16.5. The summed E-state index contributed by atoms with van der Waals surface area (Å²) in [4.78, 5) is 0. The minimum atomic E-state index is -0.301. The van der Waals surface area contributed by atoms with Crippen LogP contribution in [0.1, 0.15) is 158 Å². The zero-order valence-corrected chi connectivity index (χ0v) is 28.5. The lowest BCUT2D eigenvalue weighted by molar-refractivity contribution is 0.375. The molecule has 39 heavy (non-hydrogen) atoms. The fourth-order valence-electron chi connectivity index (χ4n) is 5.68. The Labute approximate surface area is 240 Å². The summed E-state index contributed by atoms with van der Waals surface area (Å²) in [7, 11) is 0. The van der Waals surface area contributed by atoms with Crippen LogP contribution in [-0.2, 0) is 32.5 Å². The quantitative estimate of drug-likeness (QED) is 0.400. The third-order valence-electron chi connectivity index (χ3n) is 7.34. The first-order chi connectivity index (χ1) is 17.0. The first-order valence-electron chi connectivity index (χ1n) is 14.5. The first-order valence-corrected chi connectivity index (χ1v) is 14.5. The van der Waals surface area contributed by atoms with Gasteiger partial charge in [-0.25, -0.2) is 0 Å². The Kier molecular flexibility index (Phi) is 8.25. The SMILES string of the molecule is CC(C)(C)c1cc(O)c(C(C)(C)C)c(C(C)(C)C)c1Oc1c(C(C)(C)C)cc(O)c(C(C)(C)C)c1C(C)(C)C. The molecule has 0 bridgehead atoms. The van der Waals surface area contributed by atoms with Crippen molar-refractivity contribution in [3.63, 3.8) is 0 Å². The zero-order chi connectivity index (χ0) is 30.9. The first kappa shape index (κ1) is 33.0. The highest BCUT2D eigenvalue weighted by Gasteiger charge is 2.40. The number of hydrogen-bond acceptors (Lipinski definition) is 3. The lowest BCUT2D eigenvalue weighted by atomic mass is 9.70. The van der Waals surface area contributed by atoms with Crippen molar-refractivity contribution in [2.45, 2.75) is 157 Å². The van der Waals surface area contributed by atoms with E-state index in [2.05, 4.69) is 125 Å². The number of rotatable bonds is 2. The maximum Gasteiger partial charge on any atom is 0.135 e. The Morgan fingerprint density at radius 3 is 0.795 bits per heavy atom. The third kappa shape index (κ3) is 6.77. The van der Waals surface area contributed by atoms with Gasteiger partial charge in [0.15, 0.2) is 0 Å². The van der Waals surface area contributed by atoms with Crippen LogP contribution in [0.15, 0.2) is 12.1 Å². The molecule has 2 aromatic carbocycles. The molecule has 0 saturated carbocycles. The van der Waals surface area contributed by atoms with E-state index in [1.165, 1.54) is 0 Å². The summed E-state index contributed by atoms with van der Waals surface area (Å²) in [6.07, 6.45) is 0. The van der Waals surface area contributed by atoms with E-state index in [9.17, 15) is 10.2 Å². The van der Waals surface area contributed by atoms with E-state index in [0.717, 1.165) is 44.9 Å². The summed E-state index contributed by atoms with van der Waals surface area (Å²) in [5.41, 5.74) is 4.09. The molecule has 0 aliphatic carbocycles. The fraction of sp³-hybridized carbons (Fsp3) is 0.667. The molecule has 3 heteroatoms. The van der Waals surface area contributed by atoms with Gasteiger partial charge in [-0.2, -0.15) is 0 Å². The van der Waals surface area contributed by atoms with Crippen LogP contribution < -0.4 is 4.74 Å². The van der Waals surface area contributed by atoms with Crippen LogP contribution in [0.2, 0.25) is 0 Å². The highest BCUT2D eigenvalue weighted by molar-refractivity contribution is 5.65. The van der Waals surface area contributed by atoms with Crippen molar-refractivity contribution in [2.24, 2.45) is 0 Å². The van der Waals surface area contributed by atoms with Gasteiger partial charge in [-0.15, -0.1) is 0 Å². The predicted molar refractivity (Wildman–Crippen MR) is 168 cm³/mol. The van der Waals surface area contributed by atoms with E-state index in [4.69, 9.17) is 4.74 Å². The number of benzene rings is 2. The molecule has 0 spiro atoms. The zero-order valence-electron chi connectivity index (χ0n) is 28.5. The molecule has 2 rings (SSSR count). The van der Waals surface area contributed by atoms with Gasteiger partial charge in [0.05, 0.1) is 0 Å². The second-order valence-electron chi connectivity index (χ2n) is 17.6. The summed E-state index contributed by atoms with van der Waals surface area (Å²) in [6.45, 7) is 39.1. The second kappa shape index (κ2) is 9.74. The summed E-state index contributed by atoms with van der Waals surface area (Å²) in [5, 5.41) is 23.0. The van der Waals surface area contributed by atoms with Gasteiger partial charge in [-0.05, 0) is 44.6 Å². The molecule has 2 N–H and O–H groups in total. The number of ether oxygens (including phenoxy) is 1. The van der Waals surface area contributed by atoms with Crippen LogP contribution in [0.3, 0.4) is 0 Å². The second-order valence-corrected chi connectivity index (χ2v) is 17.6. The van der Waals surface area contributed by atoms with Crippen molar-refractivity contribution in [2.75, 3.05) is 0 Å². The minimum Gasteiger partial charge on any atom is -0.508 e. The van der Waals surface area contributed by atoms with Crippen LogP contribution in [-0.4, -0.2) is 10.2 Å². The molecule has 0 aliphatic heterocycles. The maximum atomic E-state index is 11.5. The molecule has 2 aromatic rings. The molecule has 220 valence electrons. The Morgan fingerprint density at radius 1 is 0.385 bits per heavy atom. The smallest absolute Gasteiger partial charge is 0.135 e. The Balaban J connectivity index is 3.34. The predicted octanol–water partition coefficient (Wildman–Crippen LogP) is 10.7. The van der Waals surface area contributed by atoms with Crippen molar-refractivity contribution in [1.29, 1.82) is 0 Å². The maximum absolute atomic E-state index is 11.5. The van der Waals surface area contributed by atoms with Gasteiger partial charge in [0.25, 0.3) is 0 Å². The van der Waals surface area contributed by atoms with Gasteiger partial charge in [0, 0.05) is 33.4 Å². The third-order valence-corrected chi connectivity index (χ3v) is 7.34. The van der Waals surface area contributed by atoms with E-state index in [1.807, 2.05) is 12.1 Å². The Morgan fingerprint density at radius 2 is 0.615 bits per heavy atom. The Hall–Kier alpha value is -2.16. The summed E-state index contributed by atoms with van der Waals surface area (Å²) < 4.78 is 7.37. The van der Waals surface area contributed by atoms with Gasteiger partial charge in [0.1, 0.15) is 23.0 Å². The molecule has 0 atom stereocenters. The average Bonchev–Trinajstić information content (AvgIpc) is 2.63. The van der Waals surface area contributed by atoms with Crippen LogP contribution in [0, 0.1) is 0 Å². The van der Waals surface area contributed by atoms with Crippen molar-refractivity contribution in [1.82, 2.24) is 0 Å². The molecule has 0 fully saturated rings. The lowest BCUT2D eigenvalue weighted by Crippen LogP contribution is -2.28. The van der Waals surface area contributed by atoms with Crippen LogP contribution in [0.5, 0.6) is 23.0 Å². The number of phenols is 2. The molecule has 0 heterocycles. The molecule has 0 aliphatic rings. The normalized spacial score (nSPS) is 14.1. The monoisotopic (exact) mass is 538 g/mol. The molecule has 3 nitrogen and oxygen atoms in total. The van der Waals surface area contributed by atoms with E-state index >= 15 is 0 Å². The van der Waals surface area contributed by atoms with Crippen LogP contribution in [0.4, 0.5) is 0 Å².